The molecule has 1 heterocycles. The number of sulfonamides is 1. The second-order valence-corrected chi connectivity index (χ2v) is 8.16. The summed E-state index contributed by atoms with van der Waals surface area (Å²) in [5.74, 6) is -0.0431. The molecule has 1 aromatic rings. The molecule has 1 fully saturated rings. The Labute approximate surface area is 127 Å². The van der Waals surface area contributed by atoms with E-state index in [0.29, 0.717) is 17.3 Å². The Bertz CT molecular complexity index is 600. The number of nitrogens with two attached hydrogens (primary N) is 1. The summed E-state index contributed by atoms with van der Waals surface area (Å²) >= 11 is 3.19. The fourth-order valence-electron chi connectivity index (χ4n) is 2.50. The molecule has 20 heavy (non-hydrogen) atoms. The molecule has 0 unspecified atom stereocenters. The predicted molar refractivity (Wildman–Crippen MR) is 79.6 cm³/mol. The smallest absolute Gasteiger partial charge is 0.246 e. The van der Waals surface area contributed by atoms with E-state index in [1.54, 1.807) is 0 Å². The first kappa shape index (κ1) is 15.7. The van der Waals surface area contributed by atoms with Crippen molar-refractivity contribution in [2.75, 3.05) is 19.3 Å². The van der Waals surface area contributed by atoms with Crippen molar-refractivity contribution < 1.29 is 13.5 Å². The van der Waals surface area contributed by atoms with E-state index in [9.17, 15) is 13.5 Å². The van der Waals surface area contributed by atoms with Crippen molar-refractivity contribution in [3.8, 4) is 0 Å². The summed E-state index contributed by atoms with van der Waals surface area (Å²) in [6.45, 7) is 0.0707. The van der Waals surface area contributed by atoms with Crippen molar-refractivity contribution in [1.29, 1.82) is 0 Å². The normalized spacial score (nSPS) is 18.6. The lowest BCUT2D eigenvalue weighted by Gasteiger charge is -2.28. The highest BCUT2D eigenvalue weighted by atomic mass is 79.9. The van der Waals surface area contributed by atoms with Gasteiger partial charge in [-0.3, -0.25) is 0 Å². The first-order valence-corrected chi connectivity index (χ1v) is 8.58. The van der Waals surface area contributed by atoms with E-state index in [1.807, 2.05) is 0 Å². The van der Waals surface area contributed by atoms with Crippen molar-refractivity contribution in [3.05, 3.63) is 16.7 Å². The molecule has 1 aliphatic rings. The minimum atomic E-state index is -3.76. The number of rotatable bonds is 4. The Morgan fingerprint density at radius 2 is 2.10 bits per heavy atom. The minimum absolute atomic E-state index is 0.0431. The van der Waals surface area contributed by atoms with E-state index in [-0.39, 0.29) is 17.3 Å². The number of aliphatic hydroxyl groups is 1. The van der Waals surface area contributed by atoms with Crippen LogP contribution in [0.5, 0.6) is 0 Å². The van der Waals surface area contributed by atoms with Crippen LogP contribution in [-0.4, -0.2) is 42.0 Å². The van der Waals surface area contributed by atoms with Crippen molar-refractivity contribution in [2.24, 2.45) is 0 Å². The topological polar surface area (TPSA) is 96.5 Å². The van der Waals surface area contributed by atoms with Gasteiger partial charge >= 0.3 is 0 Å². The molecule has 6 nitrogen and oxygen atoms in total. The lowest BCUT2D eigenvalue weighted by Crippen LogP contribution is -2.42. The van der Waals surface area contributed by atoms with Crippen LogP contribution in [0.4, 0.5) is 5.82 Å². The average Bonchev–Trinajstić information content (AvgIpc) is 2.78. The molecular formula is C12H18BrN3O3S. The zero-order valence-electron chi connectivity index (χ0n) is 11.2. The fraction of sp³-hybridized carbons (Fsp3) is 0.583. The van der Waals surface area contributed by atoms with Crippen molar-refractivity contribution >= 4 is 31.8 Å². The quantitative estimate of drug-likeness (QED) is 0.841. The van der Waals surface area contributed by atoms with Gasteiger partial charge in [0.15, 0.2) is 0 Å². The third kappa shape index (κ3) is 3.13. The van der Waals surface area contributed by atoms with Crippen LogP contribution in [0.15, 0.2) is 21.6 Å². The number of likely N-dealkylation sites (N-methyl/N-ethyl adjacent to an activating group) is 1. The number of anilines is 1. The minimum Gasteiger partial charge on any atom is -0.389 e. The summed E-state index contributed by atoms with van der Waals surface area (Å²) in [5.41, 5.74) is 4.72. The number of pyridine rings is 1. The van der Waals surface area contributed by atoms with E-state index < -0.39 is 15.6 Å². The van der Waals surface area contributed by atoms with E-state index >= 15 is 0 Å². The second-order valence-electron chi connectivity index (χ2n) is 5.23. The van der Waals surface area contributed by atoms with Crippen molar-refractivity contribution in [3.63, 3.8) is 0 Å². The van der Waals surface area contributed by atoms with E-state index in [4.69, 9.17) is 5.73 Å². The first-order valence-electron chi connectivity index (χ1n) is 6.34. The molecule has 0 aliphatic heterocycles. The highest BCUT2D eigenvalue weighted by molar-refractivity contribution is 9.10. The number of hydrogen-bond acceptors (Lipinski definition) is 5. The van der Waals surface area contributed by atoms with Crippen LogP contribution in [-0.2, 0) is 10.0 Å². The van der Waals surface area contributed by atoms with Gasteiger partial charge in [-0.05, 0) is 34.8 Å². The first-order chi connectivity index (χ1) is 9.24. The highest BCUT2D eigenvalue weighted by Crippen LogP contribution is 2.32. The van der Waals surface area contributed by atoms with Crippen LogP contribution in [0, 0.1) is 0 Å². The van der Waals surface area contributed by atoms with Gasteiger partial charge in [-0.25, -0.2) is 13.4 Å². The monoisotopic (exact) mass is 363 g/mol. The Kier molecular flexibility index (Phi) is 4.38. The molecule has 0 bridgehead atoms. The molecule has 1 saturated carbocycles. The Morgan fingerprint density at radius 3 is 2.70 bits per heavy atom. The molecule has 0 amide bonds. The molecular weight excluding hydrogens is 346 g/mol. The average molecular weight is 364 g/mol. The van der Waals surface area contributed by atoms with Gasteiger partial charge < -0.3 is 10.8 Å². The zero-order valence-corrected chi connectivity index (χ0v) is 13.6. The number of nitrogen functional groups attached to an aromatic ring is 1. The van der Waals surface area contributed by atoms with E-state index in [2.05, 4.69) is 20.9 Å². The molecule has 0 atom stereocenters. The van der Waals surface area contributed by atoms with Crippen LogP contribution >= 0.6 is 15.9 Å². The van der Waals surface area contributed by atoms with Gasteiger partial charge in [-0.2, -0.15) is 4.31 Å². The Hall–Kier alpha value is -0.700. The van der Waals surface area contributed by atoms with Gasteiger partial charge in [0.1, 0.15) is 10.7 Å². The predicted octanol–water partition coefficient (Wildman–Crippen LogP) is 1.35. The Balaban J connectivity index is 2.27. The van der Waals surface area contributed by atoms with Crippen LogP contribution in [0.1, 0.15) is 25.7 Å². The van der Waals surface area contributed by atoms with Gasteiger partial charge in [0, 0.05) is 24.3 Å². The molecule has 2 rings (SSSR count). The highest BCUT2D eigenvalue weighted by Gasteiger charge is 2.36. The van der Waals surface area contributed by atoms with Gasteiger partial charge in [0.25, 0.3) is 0 Å². The van der Waals surface area contributed by atoms with Gasteiger partial charge in [0.2, 0.25) is 10.0 Å². The van der Waals surface area contributed by atoms with Gasteiger partial charge in [-0.15, -0.1) is 0 Å². The molecule has 0 saturated heterocycles. The SMILES string of the molecule is CN(CC1(O)CCCC1)S(=O)(=O)c1cc(Br)cnc1N. The number of halogens is 1. The maximum absolute atomic E-state index is 12.5. The van der Waals surface area contributed by atoms with Crippen LogP contribution in [0.25, 0.3) is 0 Å². The standard InChI is InChI=1S/C12H18BrN3O3S/c1-16(8-12(17)4-2-3-5-12)20(18,19)10-6-9(13)7-15-11(10)14/h6-7,17H,2-5,8H2,1H3,(H2,14,15). The molecule has 0 spiro atoms. The number of aromatic nitrogens is 1. The van der Waals surface area contributed by atoms with E-state index in [0.717, 1.165) is 17.1 Å². The van der Waals surface area contributed by atoms with E-state index in [1.165, 1.54) is 19.3 Å². The lowest BCUT2D eigenvalue weighted by molar-refractivity contribution is 0.0333. The summed E-state index contributed by atoms with van der Waals surface area (Å²) < 4.78 is 26.7. The maximum atomic E-state index is 12.5. The van der Waals surface area contributed by atoms with Crippen LogP contribution in [0.3, 0.4) is 0 Å². The van der Waals surface area contributed by atoms with Crippen molar-refractivity contribution in [2.45, 2.75) is 36.2 Å². The van der Waals surface area contributed by atoms with Gasteiger partial charge in [-0.1, -0.05) is 12.8 Å². The summed E-state index contributed by atoms with van der Waals surface area (Å²) in [5, 5.41) is 10.3. The number of nitrogens with zero attached hydrogens (tertiary/aromatic N) is 2. The molecule has 0 radical (unpaired) electrons. The second kappa shape index (κ2) is 5.59. The summed E-state index contributed by atoms with van der Waals surface area (Å²) in [6, 6.07) is 1.42. The third-order valence-corrected chi connectivity index (χ3v) is 5.85. The van der Waals surface area contributed by atoms with Crippen molar-refractivity contribution in [1.82, 2.24) is 9.29 Å². The Morgan fingerprint density at radius 1 is 1.50 bits per heavy atom. The summed E-state index contributed by atoms with van der Waals surface area (Å²) in [7, 11) is -2.31. The lowest BCUT2D eigenvalue weighted by atomic mass is 10.0. The molecule has 112 valence electrons. The zero-order chi connectivity index (χ0) is 15.0. The summed E-state index contributed by atoms with van der Waals surface area (Å²) in [4.78, 5) is 3.79. The molecule has 8 heteroatoms. The maximum Gasteiger partial charge on any atom is 0.246 e. The largest absolute Gasteiger partial charge is 0.389 e. The fourth-order valence-corrected chi connectivity index (χ4v) is 4.32. The molecule has 3 N–H and O–H groups in total. The van der Waals surface area contributed by atoms with Gasteiger partial charge in [0.05, 0.1) is 5.60 Å². The van der Waals surface area contributed by atoms with Crippen LogP contribution in [0.2, 0.25) is 0 Å². The summed E-state index contributed by atoms with van der Waals surface area (Å²) in [6.07, 6.45) is 4.53. The van der Waals surface area contributed by atoms with Crippen LogP contribution < -0.4 is 5.73 Å². The number of hydrogen-bond donors (Lipinski definition) is 2. The third-order valence-electron chi connectivity index (χ3n) is 3.59. The molecule has 1 aliphatic carbocycles. The molecule has 1 aromatic heterocycles. The molecule has 0 aromatic carbocycles.